The van der Waals surface area contributed by atoms with E-state index in [1.54, 1.807) is 4.57 Å². The van der Waals surface area contributed by atoms with Crippen molar-refractivity contribution in [3.63, 3.8) is 0 Å². The molecule has 10 nitrogen and oxygen atoms in total. The van der Waals surface area contributed by atoms with E-state index in [4.69, 9.17) is 10.3 Å². The van der Waals surface area contributed by atoms with Gasteiger partial charge >= 0.3 is 5.69 Å². The molecule has 0 aliphatic carbocycles. The van der Waals surface area contributed by atoms with E-state index in [1.807, 2.05) is 54.6 Å². The molecule has 0 amide bonds. The standard InChI is InChI=1S/C28H35N5O5S/c29-23-14-12-21(13-15-23)16-18-32-26-25(30-24(31-26)20-22-10-6-5-7-11-22)27(34)33(28(32)35)17-8-3-1-2-4-9-19-39(36,37)38/h5-7,10-15H,1-4,8-9,16-20,29H2,(H,30,31)(H,36,37,38). The Labute approximate surface area is 227 Å². The molecule has 11 heteroatoms. The Morgan fingerprint density at radius 3 is 2.18 bits per heavy atom. The number of aromatic nitrogens is 4. The zero-order chi connectivity index (χ0) is 27.8. The van der Waals surface area contributed by atoms with Gasteiger partial charge in [-0.2, -0.15) is 8.42 Å². The van der Waals surface area contributed by atoms with Crippen LogP contribution in [-0.4, -0.2) is 37.8 Å². The van der Waals surface area contributed by atoms with Gasteiger partial charge in [0, 0.05) is 25.2 Å². The highest BCUT2D eigenvalue weighted by molar-refractivity contribution is 7.85. The molecule has 2 aromatic carbocycles. The van der Waals surface area contributed by atoms with Crippen LogP contribution in [0.5, 0.6) is 0 Å². The first kappa shape index (κ1) is 28.3. The number of hydrogen-bond acceptors (Lipinski definition) is 6. The van der Waals surface area contributed by atoms with Crippen LogP contribution in [0.15, 0.2) is 64.2 Å². The number of nitrogens with one attached hydrogen (secondary N) is 1. The summed E-state index contributed by atoms with van der Waals surface area (Å²) in [6.45, 7) is 0.649. The first-order valence-corrected chi connectivity index (χ1v) is 14.9. The number of nitrogens with zero attached hydrogens (tertiary/aromatic N) is 3. The fourth-order valence-corrected chi connectivity index (χ4v) is 5.24. The average molecular weight is 554 g/mol. The number of aromatic amines is 1. The van der Waals surface area contributed by atoms with E-state index in [9.17, 15) is 18.0 Å². The molecule has 0 atom stereocenters. The van der Waals surface area contributed by atoms with Gasteiger partial charge in [0.2, 0.25) is 0 Å². The molecule has 2 aromatic heterocycles. The highest BCUT2D eigenvalue weighted by Crippen LogP contribution is 2.13. The topological polar surface area (TPSA) is 153 Å². The Kier molecular flexibility index (Phi) is 9.36. The number of unbranched alkanes of at least 4 members (excludes halogenated alkanes) is 5. The van der Waals surface area contributed by atoms with Gasteiger partial charge in [-0.1, -0.05) is 68.1 Å². The van der Waals surface area contributed by atoms with Crippen molar-refractivity contribution < 1.29 is 13.0 Å². The molecular formula is C28H35N5O5S. The highest BCUT2D eigenvalue weighted by Gasteiger charge is 2.17. The first-order chi connectivity index (χ1) is 18.7. The zero-order valence-corrected chi connectivity index (χ0v) is 22.7. The Bertz CT molecular complexity index is 1610. The summed E-state index contributed by atoms with van der Waals surface area (Å²) >= 11 is 0. The molecule has 4 aromatic rings. The van der Waals surface area contributed by atoms with Gasteiger partial charge in [0.25, 0.3) is 15.7 Å². The van der Waals surface area contributed by atoms with E-state index >= 15 is 0 Å². The van der Waals surface area contributed by atoms with Crippen molar-refractivity contribution >= 4 is 27.0 Å². The van der Waals surface area contributed by atoms with Gasteiger partial charge in [-0.3, -0.25) is 18.5 Å². The number of anilines is 1. The van der Waals surface area contributed by atoms with Crippen molar-refractivity contribution in [2.24, 2.45) is 0 Å². The number of hydrogen-bond donors (Lipinski definition) is 3. The number of aryl methyl sites for hydroxylation is 2. The van der Waals surface area contributed by atoms with Crippen molar-refractivity contribution in [2.45, 2.75) is 64.5 Å². The maximum Gasteiger partial charge on any atom is 0.332 e. The minimum atomic E-state index is -3.92. The van der Waals surface area contributed by atoms with Gasteiger partial charge in [0.1, 0.15) is 11.3 Å². The summed E-state index contributed by atoms with van der Waals surface area (Å²) in [5.74, 6) is 0.394. The third-order valence-electron chi connectivity index (χ3n) is 6.76. The van der Waals surface area contributed by atoms with E-state index in [0.717, 1.165) is 30.4 Å². The molecular weight excluding hydrogens is 518 g/mol. The maximum absolute atomic E-state index is 13.5. The normalized spacial score (nSPS) is 11.8. The first-order valence-electron chi connectivity index (χ1n) is 13.3. The molecule has 0 saturated carbocycles. The number of H-pyrrole nitrogens is 1. The van der Waals surface area contributed by atoms with Gasteiger partial charge in [0.05, 0.1) is 5.75 Å². The number of rotatable bonds is 14. The van der Waals surface area contributed by atoms with Crippen LogP contribution in [0.1, 0.15) is 55.5 Å². The van der Waals surface area contributed by atoms with Gasteiger partial charge in [-0.05, 0) is 42.5 Å². The molecule has 0 radical (unpaired) electrons. The minimum Gasteiger partial charge on any atom is -0.399 e. The summed E-state index contributed by atoms with van der Waals surface area (Å²) in [6, 6.07) is 17.3. The lowest BCUT2D eigenvalue weighted by atomic mass is 10.1. The molecule has 0 unspecified atom stereocenters. The SMILES string of the molecule is Nc1ccc(CCn2c(=O)n(CCCCCCCCS(=O)(=O)O)c(=O)c3[nH]c(Cc4ccccc4)nc32)cc1. The Hall–Kier alpha value is -3.70. The van der Waals surface area contributed by atoms with Crippen LogP contribution in [0.3, 0.4) is 0 Å². The molecule has 4 N–H and O–H groups in total. The molecule has 0 saturated heterocycles. The van der Waals surface area contributed by atoms with E-state index in [2.05, 4.69) is 9.97 Å². The Morgan fingerprint density at radius 1 is 0.821 bits per heavy atom. The average Bonchev–Trinajstić information content (AvgIpc) is 3.32. The Balaban J connectivity index is 1.52. The molecule has 39 heavy (non-hydrogen) atoms. The number of nitrogen functional groups attached to an aromatic ring is 1. The van der Waals surface area contributed by atoms with E-state index < -0.39 is 10.1 Å². The third kappa shape index (κ3) is 7.90. The molecule has 4 rings (SSSR count). The van der Waals surface area contributed by atoms with Gasteiger partial charge in [0.15, 0.2) is 5.65 Å². The number of imidazole rings is 1. The second-order valence-electron chi connectivity index (χ2n) is 9.83. The number of nitrogens with two attached hydrogens (primary N) is 1. The monoisotopic (exact) mass is 553 g/mol. The lowest BCUT2D eigenvalue weighted by molar-refractivity contribution is 0.477. The minimum absolute atomic E-state index is 0.227. The maximum atomic E-state index is 13.5. The molecule has 0 aliphatic heterocycles. The summed E-state index contributed by atoms with van der Waals surface area (Å²) in [5.41, 5.74) is 8.47. The quantitative estimate of drug-likeness (QED) is 0.123. The third-order valence-corrected chi connectivity index (χ3v) is 7.57. The molecule has 0 aliphatic rings. The van der Waals surface area contributed by atoms with Crippen LogP contribution in [0, 0.1) is 0 Å². The number of benzene rings is 2. The molecule has 0 bridgehead atoms. The van der Waals surface area contributed by atoms with Crippen LogP contribution < -0.4 is 17.0 Å². The van der Waals surface area contributed by atoms with Gasteiger partial charge < -0.3 is 10.7 Å². The summed E-state index contributed by atoms with van der Waals surface area (Å²) < 4.78 is 33.3. The predicted molar refractivity (Wildman–Crippen MR) is 153 cm³/mol. The molecule has 0 fully saturated rings. The number of fused-ring (bicyclic) bond motifs is 1. The molecule has 208 valence electrons. The summed E-state index contributed by atoms with van der Waals surface area (Å²) in [5, 5.41) is 0. The van der Waals surface area contributed by atoms with Crippen LogP contribution in [0.25, 0.3) is 11.2 Å². The highest BCUT2D eigenvalue weighted by atomic mass is 32.2. The van der Waals surface area contributed by atoms with Gasteiger partial charge in [-0.25, -0.2) is 9.78 Å². The fourth-order valence-electron chi connectivity index (χ4n) is 4.67. The largest absolute Gasteiger partial charge is 0.399 e. The van der Waals surface area contributed by atoms with E-state index in [1.165, 1.54) is 4.57 Å². The second kappa shape index (κ2) is 12.9. The summed E-state index contributed by atoms with van der Waals surface area (Å²) in [7, 11) is -3.92. The zero-order valence-electron chi connectivity index (χ0n) is 21.9. The van der Waals surface area contributed by atoms with Crippen molar-refractivity contribution in [3.05, 3.63) is 92.4 Å². The lowest BCUT2D eigenvalue weighted by Gasteiger charge is -2.11. The Morgan fingerprint density at radius 2 is 1.49 bits per heavy atom. The lowest BCUT2D eigenvalue weighted by Crippen LogP contribution is -2.40. The van der Waals surface area contributed by atoms with Crippen molar-refractivity contribution in [3.8, 4) is 0 Å². The molecule has 0 spiro atoms. The van der Waals surface area contributed by atoms with Crippen molar-refractivity contribution in [1.29, 1.82) is 0 Å². The smallest absolute Gasteiger partial charge is 0.332 e. The summed E-state index contributed by atoms with van der Waals surface area (Å²) in [4.78, 5) is 34.7. The van der Waals surface area contributed by atoms with Gasteiger partial charge in [-0.15, -0.1) is 0 Å². The fraction of sp³-hybridized carbons (Fsp3) is 0.393. The predicted octanol–water partition coefficient (Wildman–Crippen LogP) is 3.53. The van der Waals surface area contributed by atoms with Crippen molar-refractivity contribution in [2.75, 3.05) is 11.5 Å². The van der Waals surface area contributed by atoms with Crippen LogP contribution in [-0.2, 0) is 36.0 Å². The van der Waals surface area contributed by atoms with Crippen LogP contribution in [0.2, 0.25) is 0 Å². The van der Waals surface area contributed by atoms with Crippen LogP contribution in [0.4, 0.5) is 5.69 Å². The second-order valence-corrected chi connectivity index (χ2v) is 11.4. The van der Waals surface area contributed by atoms with Crippen LogP contribution >= 0.6 is 0 Å². The molecule has 2 heterocycles. The van der Waals surface area contributed by atoms with Crippen molar-refractivity contribution in [1.82, 2.24) is 19.1 Å². The van der Waals surface area contributed by atoms with E-state index in [0.29, 0.717) is 61.3 Å². The van der Waals surface area contributed by atoms with E-state index in [-0.39, 0.29) is 23.5 Å². The summed E-state index contributed by atoms with van der Waals surface area (Å²) in [6.07, 6.45) is 5.31.